The molecule has 0 aliphatic carbocycles. The number of nitrogens with zero attached hydrogens (tertiary/aromatic N) is 3. The Morgan fingerprint density at radius 3 is 3.04 bits per heavy atom. The first-order chi connectivity index (χ1) is 12.2. The molecule has 2 saturated heterocycles. The van der Waals surface area contributed by atoms with Gasteiger partial charge in [-0.25, -0.2) is 0 Å². The van der Waals surface area contributed by atoms with Crippen molar-refractivity contribution in [3.8, 4) is 0 Å². The van der Waals surface area contributed by atoms with E-state index < -0.39 is 0 Å². The van der Waals surface area contributed by atoms with Crippen LogP contribution in [0.4, 0.5) is 0 Å². The van der Waals surface area contributed by atoms with Crippen LogP contribution >= 0.6 is 0 Å². The zero-order valence-corrected chi connectivity index (χ0v) is 14.5. The molecule has 7 nitrogen and oxygen atoms in total. The Morgan fingerprint density at radius 2 is 2.32 bits per heavy atom. The minimum absolute atomic E-state index is 0.0268. The number of hydrogen-bond acceptors (Lipinski definition) is 5. The fourth-order valence-electron chi connectivity index (χ4n) is 4.05. The van der Waals surface area contributed by atoms with Gasteiger partial charge in [0.15, 0.2) is 0 Å². The maximum Gasteiger partial charge on any atom is 0.269 e. The van der Waals surface area contributed by atoms with Crippen LogP contribution in [0.1, 0.15) is 28.9 Å². The summed E-state index contributed by atoms with van der Waals surface area (Å²) in [6, 6.07) is 3.74. The number of ether oxygens (including phenoxy) is 1. The molecule has 134 valence electrons. The first-order valence-electron chi connectivity index (χ1n) is 8.80. The highest BCUT2D eigenvalue weighted by molar-refractivity contribution is 5.92. The third-order valence-corrected chi connectivity index (χ3v) is 5.40. The summed E-state index contributed by atoms with van der Waals surface area (Å²) in [5.41, 5.74) is 1.77. The van der Waals surface area contributed by atoms with Crippen molar-refractivity contribution >= 4 is 5.91 Å². The largest absolute Gasteiger partial charge is 0.472 e. The van der Waals surface area contributed by atoms with Crippen LogP contribution in [0.15, 0.2) is 35.3 Å². The van der Waals surface area contributed by atoms with E-state index >= 15 is 0 Å². The molecule has 2 aliphatic rings. The number of furan rings is 1. The number of carbonyl (C=O) groups excluding carboxylic acids is 1. The molecule has 0 bridgehead atoms. The normalized spacial score (nSPS) is 22.2. The lowest BCUT2D eigenvalue weighted by Crippen LogP contribution is -2.64. The van der Waals surface area contributed by atoms with Gasteiger partial charge >= 0.3 is 0 Å². The van der Waals surface area contributed by atoms with E-state index in [-0.39, 0.29) is 11.5 Å². The van der Waals surface area contributed by atoms with Gasteiger partial charge in [-0.3, -0.25) is 14.4 Å². The fourth-order valence-corrected chi connectivity index (χ4v) is 4.05. The van der Waals surface area contributed by atoms with Crippen molar-refractivity contribution in [2.24, 2.45) is 13.0 Å². The minimum atomic E-state index is -0.0665. The Bertz CT molecular complexity index is 719. The third-order valence-electron chi connectivity index (χ3n) is 5.40. The van der Waals surface area contributed by atoms with Crippen molar-refractivity contribution in [1.82, 2.24) is 20.0 Å². The van der Waals surface area contributed by atoms with Crippen molar-refractivity contribution in [1.29, 1.82) is 0 Å². The number of hydrogen-bond donors (Lipinski definition) is 1. The molecule has 4 rings (SSSR count). The van der Waals surface area contributed by atoms with Crippen LogP contribution in [0.2, 0.25) is 0 Å². The third kappa shape index (κ3) is 3.21. The molecule has 1 spiro atoms. The van der Waals surface area contributed by atoms with Gasteiger partial charge < -0.3 is 14.5 Å². The summed E-state index contributed by atoms with van der Waals surface area (Å²) >= 11 is 0. The summed E-state index contributed by atoms with van der Waals surface area (Å²) < 4.78 is 12.8. The summed E-state index contributed by atoms with van der Waals surface area (Å²) in [6.45, 7) is 4.31. The SMILES string of the molecule is Cn1nccc1C(=O)NCC[C@@H]1CCOC12CN(Cc1ccoc1)C2. The zero-order chi connectivity index (χ0) is 17.3. The molecule has 1 amide bonds. The van der Waals surface area contributed by atoms with Crippen LogP contribution in [-0.4, -0.2) is 52.4 Å². The smallest absolute Gasteiger partial charge is 0.269 e. The van der Waals surface area contributed by atoms with Gasteiger partial charge in [0, 0.05) is 51.6 Å². The standard InChI is InChI=1S/C18H24N4O3/c1-21-16(3-7-20-21)17(23)19-6-2-15-5-9-25-18(15)12-22(13-18)10-14-4-8-24-11-14/h3-4,7-8,11,15H,2,5-6,9-10,12-13H2,1H3,(H,19,23)/t15-/m1/s1. The van der Waals surface area contributed by atoms with Gasteiger partial charge in [-0.15, -0.1) is 0 Å². The van der Waals surface area contributed by atoms with Crippen molar-refractivity contribution in [2.75, 3.05) is 26.2 Å². The molecular weight excluding hydrogens is 320 g/mol. The molecule has 2 fully saturated rings. The maximum atomic E-state index is 12.2. The van der Waals surface area contributed by atoms with E-state index in [4.69, 9.17) is 9.15 Å². The highest BCUT2D eigenvalue weighted by Gasteiger charge is 2.52. The molecule has 4 heterocycles. The molecule has 0 aromatic carbocycles. The number of rotatable bonds is 6. The molecule has 0 saturated carbocycles. The molecule has 1 N–H and O–H groups in total. The number of aromatic nitrogens is 2. The first-order valence-corrected chi connectivity index (χ1v) is 8.80. The zero-order valence-electron chi connectivity index (χ0n) is 14.5. The second kappa shape index (κ2) is 6.65. The summed E-state index contributed by atoms with van der Waals surface area (Å²) in [4.78, 5) is 14.5. The average Bonchev–Trinajstić information content (AvgIpc) is 3.28. The van der Waals surface area contributed by atoms with Gasteiger partial charge in [0.25, 0.3) is 5.91 Å². The van der Waals surface area contributed by atoms with Gasteiger partial charge in [0.05, 0.1) is 18.1 Å². The van der Waals surface area contributed by atoms with E-state index in [1.165, 1.54) is 5.56 Å². The number of carbonyl (C=O) groups is 1. The fraction of sp³-hybridized carbons (Fsp3) is 0.556. The van der Waals surface area contributed by atoms with Crippen LogP contribution in [0, 0.1) is 5.92 Å². The van der Waals surface area contributed by atoms with E-state index in [1.54, 1.807) is 36.5 Å². The molecule has 2 aromatic heterocycles. The number of likely N-dealkylation sites (tertiary alicyclic amines) is 1. The summed E-state index contributed by atoms with van der Waals surface area (Å²) in [7, 11) is 1.78. The van der Waals surface area contributed by atoms with Gasteiger partial charge in [-0.05, 0) is 30.9 Å². The van der Waals surface area contributed by atoms with Crippen LogP contribution in [0.3, 0.4) is 0 Å². The Kier molecular flexibility index (Phi) is 4.35. The average molecular weight is 344 g/mol. The highest BCUT2D eigenvalue weighted by atomic mass is 16.5. The van der Waals surface area contributed by atoms with Crippen LogP contribution in [-0.2, 0) is 18.3 Å². The maximum absolute atomic E-state index is 12.2. The van der Waals surface area contributed by atoms with E-state index in [2.05, 4.69) is 15.3 Å². The monoisotopic (exact) mass is 344 g/mol. The Balaban J connectivity index is 1.25. The van der Waals surface area contributed by atoms with Crippen LogP contribution < -0.4 is 5.32 Å². The van der Waals surface area contributed by atoms with Crippen molar-refractivity contribution < 1.29 is 13.9 Å². The van der Waals surface area contributed by atoms with Gasteiger partial charge in [-0.2, -0.15) is 5.10 Å². The number of amides is 1. The summed E-state index contributed by atoms with van der Waals surface area (Å²) in [5, 5.41) is 7.04. The first kappa shape index (κ1) is 16.4. The summed E-state index contributed by atoms with van der Waals surface area (Å²) in [5.74, 6) is 0.433. The second-order valence-electron chi connectivity index (χ2n) is 7.06. The predicted octanol–water partition coefficient (Wildman–Crippen LogP) is 1.42. The minimum Gasteiger partial charge on any atom is -0.472 e. The molecule has 0 unspecified atom stereocenters. The lowest BCUT2D eigenvalue weighted by atomic mass is 9.79. The van der Waals surface area contributed by atoms with Gasteiger partial charge in [0.2, 0.25) is 0 Å². The van der Waals surface area contributed by atoms with E-state index in [1.807, 2.05) is 6.07 Å². The van der Waals surface area contributed by atoms with Gasteiger partial charge in [-0.1, -0.05) is 0 Å². The molecular formula is C18H24N4O3. The molecule has 25 heavy (non-hydrogen) atoms. The van der Waals surface area contributed by atoms with Crippen LogP contribution in [0.5, 0.6) is 0 Å². The Labute approximate surface area is 146 Å². The Morgan fingerprint density at radius 1 is 1.44 bits per heavy atom. The van der Waals surface area contributed by atoms with Crippen molar-refractivity contribution in [2.45, 2.75) is 25.0 Å². The predicted molar refractivity (Wildman–Crippen MR) is 90.9 cm³/mol. The summed E-state index contributed by atoms with van der Waals surface area (Å²) in [6.07, 6.45) is 7.17. The van der Waals surface area contributed by atoms with E-state index in [0.717, 1.165) is 39.1 Å². The lowest BCUT2D eigenvalue weighted by Gasteiger charge is -2.50. The molecule has 1 atom stereocenters. The van der Waals surface area contributed by atoms with Gasteiger partial charge in [0.1, 0.15) is 5.69 Å². The van der Waals surface area contributed by atoms with E-state index in [9.17, 15) is 4.79 Å². The second-order valence-corrected chi connectivity index (χ2v) is 7.06. The Hall–Kier alpha value is -2.12. The lowest BCUT2D eigenvalue weighted by molar-refractivity contribution is -0.136. The van der Waals surface area contributed by atoms with Crippen molar-refractivity contribution in [3.63, 3.8) is 0 Å². The molecule has 2 aliphatic heterocycles. The molecule has 7 heteroatoms. The highest BCUT2D eigenvalue weighted by Crippen LogP contribution is 2.42. The molecule has 0 radical (unpaired) electrons. The van der Waals surface area contributed by atoms with Crippen LogP contribution in [0.25, 0.3) is 0 Å². The van der Waals surface area contributed by atoms with Crippen molar-refractivity contribution in [3.05, 3.63) is 42.1 Å². The van der Waals surface area contributed by atoms with E-state index in [0.29, 0.717) is 18.2 Å². The molecule has 2 aromatic rings. The number of nitrogens with one attached hydrogen (secondary N) is 1. The quantitative estimate of drug-likeness (QED) is 0.858. The number of aryl methyl sites for hydroxylation is 1. The topological polar surface area (TPSA) is 72.5 Å².